The molecule has 0 aliphatic rings. The molecule has 18 heavy (non-hydrogen) atoms. The average molecular weight is 277 g/mol. The molecule has 102 valence electrons. The molecule has 0 aliphatic heterocycles. The number of aliphatic hydroxyl groups is 2. The van der Waals surface area contributed by atoms with Crippen LogP contribution >= 0.6 is 11.8 Å². The van der Waals surface area contributed by atoms with Crippen molar-refractivity contribution in [2.75, 3.05) is 25.1 Å². The minimum absolute atomic E-state index is 0.180. The van der Waals surface area contributed by atoms with Crippen LogP contribution in [0.1, 0.15) is 6.92 Å². The van der Waals surface area contributed by atoms with Crippen LogP contribution in [0, 0.1) is 5.41 Å². The van der Waals surface area contributed by atoms with E-state index in [4.69, 9.17) is 10.2 Å². The van der Waals surface area contributed by atoms with E-state index in [9.17, 15) is 8.78 Å². The van der Waals surface area contributed by atoms with Crippen molar-refractivity contribution in [3.05, 3.63) is 24.3 Å². The van der Waals surface area contributed by atoms with Crippen LogP contribution in [0.15, 0.2) is 29.2 Å². The van der Waals surface area contributed by atoms with Crippen molar-refractivity contribution in [1.82, 2.24) is 0 Å². The van der Waals surface area contributed by atoms with Crippen LogP contribution in [-0.4, -0.2) is 35.7 Å². The van der Waals surface area contributed by atoms with Crippen molar-refractivity contribution in [3.8, 4) is 0 Å². The number of hydrogen-bond acceptors (Lipinski definition) is 4. The van der Waals surface area contributed by atoms with Crippen molar-refractivity contribution < 1.29 is 19.0 Å². The van der Waals surface area contributed by atoms with Crippen LogP contribution in [0.4, 0.5) is 14.5 Å². The second kappa shape index (κ2) is 6.92. The van der Waals surface area contributed by atoms with Gasteiger partial charge in [0.05, 0.1) is 13.2 Å². The van der Waals surface area contributed by atoms with E-state index >= 15 is 0 Å². The van der Waals surface area contributed by atoms with E-state index in [2.05, 4.69) is 5.32 Å². The second-order valence-electron chi connectivity index (χ2n) is 4.36. The van der Waals surface area contributed by atoms with Crippen LogP contribution in [0.25, 0.3) is 0 Å². The Kier molecular flexibility index (Phi) is 5.84. The van der Waals surface area contributed by atoms with Gasteiger partial charge in [0.1, 0.15) is 0 Å². The highest BCUT2D eigenvalue weighted by Crippen LogP contribution is 2.32. The molecule has 0 fully saturated rings. The first-order chi connectivity index (χ1) is 8.50. The summed E-state index contributed by atoms with van der Waals surface area (Å²) in [6.45, 7) is 1.66. The molecule has 0 amide bonds. The molecule has 0 spiro atoms. The summed E-state index contributed by atoms with van der Waals surface area (Å²) in [5.41, 5.74) is -0.0984. The fraction of sp³-hybridized carbons (Fsp3) is 0.500. The van der Waals surface area contributed by atoms with E-state index in [0.717, 1.165) is 0 Å². The van der Waals surface area contributed by atoms with Crippen LogP contribution in [0.5, 0.6) is 0 Å². The van der Waals surface area contributed by atoms with Gasteiger partial charge in [-0.1, -0.05) is 30.8 Å². The third-order valence-corrected chi connectivity index (χ3v) is 3.36. The van der Waals surface area contributed by atoms with Crippen molar-refractivity contribution >= 4 is 17.4 Å². The third kappa shape index (κ3) is 4.44. The van der Waals surface area contributed by atoms with Crippen molar-refractivity contribution in [2.45, 2.75) is 17.6 Å². The molecule has 0 saturated carbocycles. The number of aliphatic hydroxyl groups excluding tert-OH is 2. The Balaban J connectivity index is 2.72. The maximum Gasteiger partial charge on any atom is 0.288 e. The molecule has 0 bridgehead atoms. The summed E-state index contributed by atoms with van der Waals surface area (Å²) in [6.07, 6.45) is 0. The average Bonchev–Trinajstić information content (AvgIpc) is 2.37. The quantitative estimate of drug-likeness (QED) is 0.670. The number of hydrogen-bond donors (Lipinski definition) is 3. The maximum atomic E-state index is 12.4. The Hall–Kier alpha value is -0.850. The molecule has 0 unspecified atom stereocenters. The number of halogens is 2. The number of thioether (sulfide) groups is 1. The predicted octanol–water partition coefficient (Wildman–Crippen LogP) is 2.40. The van der Waals surface area contributed by atoms with Gasteiger partial charge in [-0.05, 0) is 12.1 Å². The molecule has 3 nitrogen and oxygen atoms in total. The minimum atomic E-state index is -2.48. The molecular weight excluding hydrogens is 260 g/mol. The summed E-state index contributed by atoms with van der Waals surface area (Å²) in [7, 11) is 0. The molecule has 0 heterocycles. The fourth-order valence-electron chi connectivity index (χ4n) is 1.28. The summed E-state index contributed by atoms with van der Waals surface area (Å²) in [4.78, 5) is 0.450. The SMILES string of the molecule is CC(CO)(CO)CNc1ccccc1SC(F)F. The zero-order valence-electron chi connectivity index (χ0n) is 10.1. The second-order valence-corrected chi connectivity index (χ2v) is 5.39. The molecule has 0 aromatic heterocycles. The van der Waals surface area contributed by atoms with Gasteiger partial charge in [-0.25, -0.2) is 0 Å². The summed E-state index contributed by atoms with van der Waals surface area (Å²) in [5.74, 6) is -2.48. The standard InChI is InChI=1S/C12H17F2NO2S/c1-12(7-16,8-17)6-15-9-4-2-3-5-10(9)18-11(13)14/h2-5,11,15-17H,6-8H2,1H3. The van der Waals surface area contributed by atoms with E-state index in [1.54, 1.807) is 31.2 Å². The van der Waals surface area contributed by atoms with Crippen LogP contribution < -0.4 is 5.32 Å². The van der Waals surface area contributed by atoms with E-state index < -0.39 is 11.2 Å². The van der Waals surface area contributed by atoms with Crippen LogP contribution in [0.3, 0.4) is 0 Å². The van der Waals surface area contributed by atoms with Crippen LogP contribution in [-0.2, 0) is 0 Å². The van der Waals surface area contributed by atoms with Crippen molar-refractivity contribution in [3.63, 3.8) is 0 Å². The summed E-state index contributed by atoms with van der Waals surface area (Å²) in [5, 5.41) is 21.3. The summed E-state index contributed by atoms with van der Waals surface area (Å²) in [6, 6.07) is 6.73. The Morgan fingerprint density at radius 2 is 1.89 bits per heavy atom. The first-order valence-corrected chi connectivity index (χ1v) is 6.38. The monoisotopic (exact) mass is 277 g/mol. The number of rotatable bonds is 7. The van der Waals surface area contributed by atoms with E-state index in [-0.39, 0.29) is 13.2 Å². The highest BCUT2D eigenvalue weighted by Gasteiger charge is 2.22. The minimum Gasteiger partial charge on any atom is -0.396 e. The molecule has 6 heteroatoms. The highest BCUT2D eigenvalue weighted by atomic mass is 32.2. The lowest BCUT2D eigenvalue weighted by Gasteiger charge is -2.26. The normalized spacial score (nSPS) is 11.9. The van der Waals surface area contributed by atoms with Gasteiger partial charge in [-0.15, -0.1) is 0 Å². The van der Waals surface area contributed by atoms with Gasteiger partial charge in [0.15, 0.2) is 0 Å². The van der Waals surface area contributed by atoms with Gasteiger partial charge in [0, 0.05) is 22.5 Å². The Bertz CT molecular complexity index is 373. The fourth-order valence-corrected chi connectivity index (χ4v) is 1.90. The number of alkyl halides is 2. The third-order valence-electron chi connectivity index (χ3n) is 2.57. The molecule has 1 rings (SSSR count). The van der Waals surface area contributed by atoms with Crippen LogP contribution in [0.2, 0.25) is 0 Å². The Labute approximate surface area is 109 Å². The smallest absolute Gasteiger partial charge is 0.288 e. The largest absolute Gasteiger partial charge is 0.396 e. The van der Waals surface area contributed by atoms with Gasteiger partial charge in [-0.2, -0.15) is 8.78 Å². The zero-order valence-corrected chi connectivity index (χ0v) is 10.9. The van der Waals surface area contributed by atoms with Crippen molar-refractivity contribution in [2.24, 2.45) is 5.41 Å². The van der Waals surface area contributed by atoms with Gasteiger partial charge in [0.25, 0.3) is 5.76 Å². The number of para-hydroxylation sites is 1. The first kappa shape index (κ1) is 15.2. The van der Waals surface area contributed by atoms with Crippen molar-refractivity contribution in [1.29, 1.82) is 0 Å². The van der Waals surface area contributed by atoms with Gasteiger partial charge in [-0.3, -0.25) is 0 Å². The molecule has 3 N–H and O–H groups in total. The summed E-state index contributed by atoms with van der Waals surface area (Å²) >= 11 is 0.470. The number of nitrogens with one attached hydrogen (secondary N) is 1. The summed E-state index contributed by atoms with van der Waals surface area (Å²) < 4.78 is 24.7. The molecule has 0 saturated heterocycles. The van der Waals surface area contributed by atoms with E-state index in [1.807, 2.05) is 0 Å². The lowest BCUT2D eigenvalue weighted by molar-refractivity contribution is 0.0806. The predicted molar refractivity (Wildman–Crippen MR) is 69.1 cm³/mol. The maximum absolute atomic E-state index is 12.4. The zero-order chi connectivity index (χ0) is 13.6. The lowest BCUT2D eigenvalue weighted by Crippen LogP contribution is -2.34. The lowest BCUT2D eigenvalue weighted by atomic mass is 9.93. The molecule has 0 atom stereocenters. The number of benzene rings is 1. The van der Waals surface area contributed by atoms with Gasteiger partial charge in [0.2, 0.25) is 0 Å². The van der Waals surface area contributed by atoms with E-state index in [1.165, 1.54) is 0 Å². The number of anilines is 1. The molecule has 0 radical (unpaired) electrons. The molecule has 1 aromatic rings. The van der Waals surface area contributed by atoms with Gasteiger partial charge < -0.3 is 15.5 Å². The Morgan fingerprint density at radius 1 is 1.28 bits per heavy atom. The topological polar surface area (TPSA) is 52.5 Å². The Morgan fingerprint density at radius 3 is 2.44 bits per heavy atom. The molecular formula is C12H17F2NO2S. The molecule has 0 aliphatic carbocycles. The highest BCUT2D eigenvalue weighted by molar-refractivity contribution is 7.99. The first-order valence-electron chi connectivity index (χ1n) is 5.50. The van der Waals surface area contributed by atoms with Gasteiger partial charge >= 0.3 is 0 Å². The van der Waals surface area contributed by atoms with E-state index in [0.29, 0.717) is 28.9 Å². The molecule has 1 aromatic carbocycles.